The Morgan fingerprint density at radius 1 is 0.403 bits per heavy atom. The lowest BCUT2D eigenvalue weighted by atomic mass is 10.2. The van der Waals surface area contributed by atoms with E-state index in [1.807, 2.05) is 38.4 Å². The summed E-state index contributed by atoms with van der Waals surface area (Å²) < 4.78 is 0. The summed E-state index contributed by atoms with van der Waals surface area (Å²) >= 11 is 0. The van der Waals surface area contributed by atoms with Gasteiger partial charge in [0, 0.05) is 106 Å². The normalized spacial score (nSPS) is 15.2. The second-order valence-corrected chi connectivity index (χ2v) is 15.3. The molecule has 12 N–H and O–H groups in total. The number of hydrogen-bond acceptors (Lipinski definition) is 20. The van der Waals surface area contributed by atoms with Crippen molar-refractivity contribution in [2.45, 2.75) is 13.8 Å². The molecule has 8 rings (SSSR count). The first-order valence-corrected chi connectivity index (χ1v) is 21.3. The molecule has 0 aliphatic carbocycles. The zero-order valence-corrected chi connectivity index (χ0v) is 36.8. The third-order valence-electron chi connectivity index (χ3n) is 11.1. The summed E-state index contributed by atoms with van der Waals surface area (Å²) in [7, 11) is 4.04. The monoisotopic (exact) mass is 861 g/mol. The van der Waals surface area contributed by atoms with Gasteiger partial charge in [-0.15, -0.1) is 0 Å². The summed E-state index contributed by atoms with van der Waals surface area (Å²) in [5, 5.41) is 36.0. The van der Waals surface area contributed by atoms with Crippen molar-refractivity contribution in [3.05, 3.63) is 49.1 Å². The molecule has 0 amide bonds. The Hall–Kier alpha value is -5.96. The molecular weight excluding hydrogens is 793 g/mol. The number of β-amino-alcohol motifs (C(OH)–C–C–N with tert-alkyl or cyclic N) is 4. The molecule has 4 aromatic rings. The molecule has 4 aliphatic rings. The van der Waals surface area contributed by atoms with Gasteiger partial charge in [-0.05, 0) is 38.1 Å². The van der Waals surface area contributed by atoms with E-state index in [4.69, 9.17) is 43.4 Å². The van der Waals surface area contributed by atoms with Crippen molar-refractivity contribution in [2.75, 3.05) is 194 Å². The zero-order chi connectivity index (χ0) is 44.8. The summed E-state index contributed by atoms with van der Waals surface area (Å²) in [5.41, 5.74) is 29.8. The van der Waals surface area contributed by atoms with Crippen LogP contribution in [-0.2, 0) is 0 Å². The summed E-state index contributed by atoms with van der Waals surface area (Å²) in [6, 6.07) is 7.72. The third-order valence-corrected chi connectivity index (χ3v) is 11.1. The molecule has 20 heteroatoms. The van der Waals surface area contributed by atoms with Crippen molar-refractivity contribution in [3.63, 3.8) is 0 Å². The van der Waals surface area contributed by atoms with Gasteiger partial charge in [-0.25, -0.2) is 19.9 Å². The van der Waals surface area contributed by atoms with Crippen LogP contribution < -0.4 is 62.1 Å². The van der Waals surface area contributed by atoms with Gasteiger partial charge in [0.05, 0.1) is 96.7 Å². The van der Waals surface area contributed by atoms with Gasteiger partial charge in [-0.1, -0.05) is 0 Å². The van der Waals surface area contributed by atoms with Gasteiger partial charge in [-0.2, -0.15) is 0 Å². The van der Waals surface area contributed by atoms with E-state index in [9.17, 15) is 0 Å². The fourth-order valence-electron chi connectivity index (χ4n) is 7.80. The zero-order valence-electron chi connectivity index (χ0n) is 36.8. The Bertz CT molecular complexity index is 2010. The summed E-state index contributed by atoms with van der Waals surface area (Å²) in [6.45, 7) is 16.6. The Balaban J connectivity index is 0.000000156. The Kier molecular flexibility index (Phi) is 17.3. The van der Waals surface area contributed by atoms with Gasteiger partial charge < -0.3 is 82.6 Å². The van der Waals surface area contributed by atoms with E-state index in [0.717, 1.165) is 111 Å². The quantitative estimate of drug-likeness (QED) is 0.108. The number of nitrogens with zero attached hydrogens (tertiary/aromatic N) is 12. The van der Waals surface area contributed by atoms with E-state index in [-0.39, 0.29) is 26.4 Å². The lowest BCUT2D eigenvalue weighted by molar-refractivity contribution is 0.301. The summed E-state index contributed by atoms with van der Waals surface area (Å²) in [6.07, 6.45) is 6.67. The molecule has 20 nitrogen and oxygen atoms in total. The van der Waals surface area contributed by atoms with Crippen LogP contribution in [0.25, 0.3) is 0 Å². The van der Waals surface area contributed by atoms with Gasteiger partial charge in [0.25, 0.3) is 0 Å². The van der Waals surface area contributed by atoms with Crippen molar-refractivity contribution in [2.24, 2.45) is 0 Å². The number of hydrogen-bond donors (Lipinski definition) is 8. The highest BCUT2D eigenvalue weighted by atomic mass is 16.3. The van der Waals surface area contributed by atoms with Crippen LogP contribution in [0.2, 0.25) is 0 Å². The number of aromatic nitrogens is 4. The van der Waals surface area contributed by atoms with Crippen LogP contribution in [0, 0.1) is 0 Å². The molecular formula is C42H68N16O4. The van der Waals surface area contributed by atoms with Crippen molar-refractivity contribution >= 4 is 68.8 Å². The highest BCUT2D eigenvalue weighted by Gasteiger charge is 2.25. The second kappa shape index (κ2) is 22.8. The van der Waals surface area contributed by atoms with E-state index in [0.29, 0.717) is 48.9 Å². The summed E-state index contributed by atoms with van der Waals surface area (Å²) in [4.78, 5) is 34.5. The highest BCUT2D eigenvalue weighted by Crippen LogP contribution is 2.34. The highest BCUT2D eigenvalue weighted by molar-refractivity contribution is 5.75. The number of nitrogens with two attached hydrogens (primary N) is 4. The molecule has 62 heavy (non-hydrogen) atoms. The first-order valence-electron chi connectivity index (χ1n) is 21.3. The first-order chi connectivity index (χ1) is 30.0. The van der Waals surface area contributed by atoms with E-state index in [1.54, 1.807) is 24.8 Å². The molecule has 0 aromatic carbocycles. The standard InChI is InChI=1S/2C11H18N4O.2C10H16N4O/c1-2-14-3-4-15(5-6-16)10-7-9(12)8-13-11(10)14;1-2-14-3-4-15(5-6-16)11-10(14)7-9(12)8-13-11;1-13-2-3-14(4-5-15)9-6-8(11)7-12-10(9)13;1-13-2-3-14(4-5-15)10-9(13)6-8(11)7-12-10/h2*7-8,16H,2-6,12H2,1H3;2*6-7,15H,2-5,11H2,1H3. The van der Waals surface area contributed by atoms with Gasteiger partial charge in [0.15, 0.2) is 23.3 Å². The molecule has 8 heterocycles. The average Bonchev–Trinajstić information content (AvgIpc) is 3.27. The molecule has 0 radical (unpaired) electrons. The van der Waals surface area contributed by atoms with E-state index < -0.39 is 0 Å². The predicted molar refractivity (Wildman–Crippen MR) is 254 cm³/mol. The second-order valence-electron chi connectivity index (χ2n) is 15.3. The number of aliphatic hydroxyl groups is 4. The van der Waals surface area contributed by atoms with Crippen LogP contribution in [0.4, 0.5) is 68.8 Å². The largest absolute Gasteiger partial charge is 0.397 e. The van der Waals surface area contributed by atoms with Crippen molar-refractivity contribution < 1.29 is 20.4 Å². The Morgan fingerprint density at radius 3 is 1.19 bits per heavy atom. The fourth-order valence-corrected chi connectivity index (χ4v) is 7.80. The number of anilines is 12. The van der Waals surface area contributed by atoms with Crippen molar-refractivity contribution in [3.8, 4) is 0 Å². The molecule has 0 saturated carbocycles. The molecule has 0 bridgehead atoms. The average molecular weight is 861 g/mol. The minimum Gasteiger partial charge on any atom is -0.397 e. The van der Waals surface area contributed by atoms with Gasteiger partial charge in [-0.3, -0.25) is 0 Å². The maximum atomic E-state index is 9.03. The predicted octanol–water partition coefficient (Wildman–Crippen LogP) is 0.429. The van der Waals surface area contributed by atoms with Gasteiger partial charge in [0.2, 0.25) is 0 Å². The maximum Gasteiger partial charge on any atom is 0.152 e. The summed E-state index contributed by atoms with van der Waals surface area (Å²) in [5.74, 6) is 3.74. The van der Waals surface area contributed by atoms with Crippen LogP contribution in [0.1, 0.15) is 13.8 Å². The molecule has 0 saturated heterocycles. The molecule has 0 atom stereocenters. The smallest absolute Gasteiger partial charge is 0.152 e. The molecule has 4 aromatic heterocycles. The van der Waals surface area contributed by atoms with Gasteiger partial charge in [0.1, 0.15) is 0 Å². The molecule has 0 spiro atoms. The third kappa shape index (κ3) is 11.7. The van der Waals surface area contributed by atoms with Crippen LogP contribution in [-0.4, -0.2) is 173 Å². The van der Waals surface area contributed by atoms with Crippen molar-refractivity contribution in [1.82, 2.24) is 19.9 Å². The first kappa shape index (κ1) is 47.1. The maximum absolute atomic E-state index is 9.03. The molecule has 0 unspecified atom stereocenters. The SMILES string of the molecule is CCN1CCN(CCO)c2cc(N)cnc21.CCN1CCN(CCO)c2ncc(N)cc21.CN1CCN(CCO)c2cc(N)cnc21.CN1CCN(CCO)c2ncc(N)cc21. The molecule has 340 valence electrons. The number of rotatable bonds is 10. The number of aliphatic hydroxyl groups excluding tert-OH is 4. The Labute approximate surface area is 365 Å². The van der Waals surface area contributed by atoms with Crippen molar-refractivity contribution in [1.29, 1.82) is 0 Å². The van der Waals surface area contributed by atoms with Crippen LogP contribution in [0.5, 0.6) is 0 Å². The Morgan fingerprint density at radius 2 is 0.710 bits per heavy atom. The number of fused-ring (bicyclic) bond motifs is 4. The van der Waals surface area contributed by atoms with E-state index in [1.165, 1.54) is 0 Å². The number of nitrogen functional groups attached to an aromatic ring is 4. The van der Waals surface area contributed by atoms with Crippen LogP contribution >= 0.6 is 0 Å². The lowest BCUT2D eigenvalue weighted by Gasteiger charge is -2.37. The van der Waals surface area contributed by atoms with E-state index in [2.05, 4.69) is 73.0 Å². The molecule has 4 aliphatic heterocycles. The van der Waals surface area contributed by atoms with Crippen LogP contribution in [0.3, 0.4) is 0 Å². The lowest BCUT2D eigenvalue weighted by Crippen LogP contribution is -2.42. The minimum atomic E-state index is 0.148. The topological polar surface area (TPSA) is 262 Å². The molecule has 0 fully saturated rings. The minimum absolute atomic E-state index is 0.148. The fraction of sp³-hybridized carbons (Fsp3) is 0.524. The van der Waals surface area contributed by atoms with E-state index >= 15 is 0 Å². The number of likely N-dealkylation sites (N-methyl/N-ethyl adjacent to an activating group) is 4. The van der Waals surface area contributed by atoms with Crippen LogP contribution in [0.15, 0.2) is 49.1 Å². The van der Waals surface area contributed by atoms with Gasteiger partial charge >= 0.3 is 0 Å². The number of pyridine rings is 4.